The van der Waals surface area contributed by atoms with E-state index in [-0.39, 0.29) is 6.61 Å². The molecule has 0 unspecified atom stereocenters. The largest absolute Gasteiger partial charge is 0.389 e. The fraction of sp³-hybridized carbons (Fsp3) is 0.500. The molecule has 0 amide bonds. The van der Waals surface area contributed by atoms with Crippen LogP contribution in [0, 0.1) is 0 Å². The van der Waals surface area contributed by atoms with Crippen LogP contribution in [-0.2, 0) is 9.59 Å². The van der Waals surface area contributed by atoms with Gasteiger partial charge in [0.25, 0.3) is 0 Å². The molecule has 0 aromatic rings. The molecule has 1 N–H and O–H groups in total. The zero-order valence-corrected chi connectivity index (χ0v) is 4.13. The Morgan fingerprint density at radius 3 is 1.71 bits per heavy atom. The van der Waals surface area contributed by atoms with Gasteiger partial charge in [-0.1, -0.05) is 0 Å². The summed E-state index contributed by atoms with van der Waals surface area (Å²) in [4.78, 5) is 17.7. The highest BCUT2D eigenvalue weighted by Gasteiger charge is 1.53. The van der Waals surface area contributed by atoms with Crippen molar-refractivity contribution in [1.29, 1.82) is 0 Å². The van der Waals surface area contributed by atoms with Crippen molar-refractivity contribution >= 4 is 12.6 Å². The lowest BCUT2D eigenvalue weighted by atomic mass is 10.9. The predicted octanol–water partition coefficient (Wildman–Crippen LogP) is -0.617. The second-order valence-corrected chi connectivity index (χ2v) is 0.585. The number of carbonyl (C=O) groups excluding carboxylic acids is 2. The van der Waals surface area contributed by atoms with Gasteiger partial charge in [0.1, 0.15) is 12.6 Å². The normalized spacial score (nSPS) is 5.43. The van der Waals surface area contributed by atoms with Gasteiger partial charge in [-0.25, -0.2) is 0 Å². The topological polar surface area (TPSA) is 54.4 Å². The van der Waals surface area contributed by atoms with Crippen LogP contribution in [0.4, 0.5) is 0 Å². The standard InChI is InChI=1S/C2H4O2.C2H4O/c3-1-2-4;1-2-3/h1,4H,2H2;2H,1H3. The molecule has 0 radical (unpaired) electrons. The lowest BCUT2D eigenvalue weighted by Gasteiger charge is -1.54. The Hall–Kier alpha value is -0.700. The summed E-state index contributed by atoms with van der Waals surface area (Å²) in [5.41, 5.74) is 0. The van der Waals surface area contributed by atoms with Crippen LogP contribution in [0.1, 0.15) is 6.92 Å². The van der Waals surface area contributed by atoms with Crippen LogP contribution < -0.4 is 0 Å². The number of aliphatic hydroxyl groups excluding tert-OH is 1. The van der Waals surface area contributed by atoms with Crippen LogP contribution in [-0.4, -0.2) is 24.3 Å². The molecule has 0 bridgehead atoms. The molecule has 0 spiro atoms. The van der Waals surface area contributed by atoms with Crippen LogP contribution in [0.3, 0.4) is 0 Å². The zero-order chi connectivity index (χ0) is 6.12. The monoisotopic (exact) mass is 104 g/mol. The van der Waals surface area contributed by atoms with E-state index in [2.05, 4.69) is 0 Å². The Morgan fingerprint density at radius 2 is 1.71 bits per heavy atom. The van der Waals surface area contributed by atoms with Gasteiger partial charge in [-0.05, 0) is 6.92 Å². The van der Waals surface area contributed by atoms with Crippen LogP contribution in [0.2, 0.25) is 0 Å². The minimum absolute atomic E-state index is 0.361. The molecule has 0 fully saturated rings. The molecule has 0 atom stereocenters. The van der Waals surface area contributed by atoms with Gasteiger partial charge in [-0.2, -0.15) is 0 Å². The Balaban J connectivity index is 0. The lowest BCUT2D eigenvalue weighted by Crippen LogP contribution is -1.75. The molecule has 0 aromatic carbocycles. The van der Waals surface area contributed by atoms with E-state index < -0.39 is 0 Å². The van der Waals surface area contributed by atoms with Crippen molar-refractivity contribution in [2.45, 2.75) is 6.92 Å². The fourth-order valence-corrected chi connectivity index (χ4v) is 0. The molecule has 3 nitrogen and oxygen atoms in total. The first-order valence-electron chi connectivity index (χ1n) is 1.77. The maximum absolute atomic E-state index is 8.92. The summed E-state index contributed by atoms with van der Waals surface area (Å²) >= 11 is 0. The average Bonchev–Trinajstić information content (AvgIpc) is 1.69. The quantitative estimate of drug-likeness (QED) is 0.451. The molecule has 0 heterocycles. The number of aldehydes is 2. The number of aliphatic hydroxyl groups is 1. The zero-order valence-electron chi connectivity index (χ0n) is 4.13. The average molecular weight is 104 g/mol. The Kier molecular flexibility index (Phi) is 25.3. The van der Waals surface area contributed by atoms with Gasteiger partial charge >= 0.3 is 0 Å². The smallest absolute Gasteiger partial charge is 0.145 e. The molecule has 0 aliphatic carbocycles. The highest BCUT2D eigenvalue weighted by molar-refractivity contribution is 5.49. The lowest BCUT2D eigenvalue weighted by molar-refractivity contribution is -0.110. The molecular formula is C4H8O3. The van der Waals surface area contributed by atoms with Crippen LogP contribution in [0.25, 0.3) is 0 Å². The highest BCUT2D eigenvalue weighted by atomic mass is 16.3. The van der Waals surface area contributed by atoms with Crippen molar-refractivity contribution in [2.75, 3.05) is 6.61 Å². The van der Waals surface area contributed by atoms with Gasteiger partial charge in [0.05, 0.1) is 6.61 Å². The van der Waals surface area contributed by atoms with Crippen LogP contribution in [0.15, 0.2) is 0 Å². The minimum Gasteiger partial charge on any atom is -0.389 e. The molecular weight excluding hydrogens is 96.0 g/mol. The van der Waals surface area contributed by atoms with E-state index in [1.165, 1.54) is 6.92 Å². The summed E-state index contributed by atoms with van der Waals surface area (Å²) in [6, 6.07) is 0. The van der Waals surface area contributed by atoms with Crippen LogP contribution in [0.5, 0.6) is 0 Å². The van der Waals surface area contributed by atoms with Crippen molar-refractivity contribution in [3.63, 3.8) is 0 Å². The van der Waals surface area contributed by atoms with E-state index in [0.29, 0.717) is 6.29 Å². The van der Waals surface area contributed by atoms with E-state index in [4.69, 9.17) is 14.7 Å². The Morgan fingerprint density at radius 1 is 1.57 bits per heavy atom. The third-order valence-corrected chi connectivity index (χ3v) is 0.0745. The van der Waals surface area contributed by atoms with Gasteiger partial charge in [0.2, 0.25) is 0 Å². The summed E-state index contributed by atoms with van der Waals surface area (Å²) < 4.78 is 0. The third kappa shape index (κ3) is 641. The van der Waals surface area contributed by atoms with Gasteiger partial charge in [-0.3, -0.25) is 0 Å². The number of hydrogen-bond acceptors (Lipinski definition) is 3. The molecule has 0 aliphatic rings. The van der Waals surface area contributed by atoms with Crippen molar-refractivity contribution in [3.8, 4) is 0 Å². The first-order chi connectivity index (χ1) is 3.33. The maximum Gasteiger partial charge on any atom is 0.145 e. The highest BCUT2D eigenvalue weighted by Crippen LogP contribution is 1.27. The molecule has 3 heteroatoms. The first kappa shape index (κ1) is 9.57. The minimum atomic E-state index is -0.361. The molecule has 0 rings (SSSR count). The van der Waals surface area contributed by atoms with Gasteiger partial charge < -0.3 is 14.7 Å². The fourth-order valence-electron chi connectivity index (χ4n) is 0. The van der Waals surface area contributed by atoms with Crippen molar-refractivity contribution in [1.82, 2.24) is 0 Å². The van der Waals surface area contributed by atoms with Crippen LogP contribution >= 0.6 is 0 Å². The van der Waals surface area contributed by atoms with E-state index in [1.54, 1.807) is 0 Å². The van der Waals surface area contributed by atoms with E-state index in [0.717, 1.165) is 6.29 Å². The second kappa shape index (κ2) is 18.5. The molecule has 0 saturated heterocycles. The summed E-state index contributed by atoms with van der Waals surface area (Å²) in [5, 5.41) is 7.51. The number of carbonyl (C=O) groups is 2. The molecule has 7 heavy (non-hydrogen) atoms. The van der Waals surface area contributed by atoms with Crippen molar-refractivity contribution < 1.29 is 14.7 Å². The summed E-state index contributed by atoms with van der Waals surface area (Å²) in [7, 11) is 0. The van der Waals surface area contributed by atoms with Crippen molar-refractivity contribution in [2.24, 2.45) is 0 Å². The number of hydrogen-bond donors (Lipinski definition) is 1. The van der Waals surface area contributed by atoms with Crippen molar-refractivity contribution in [3.05, 3.63) is 0 Å². The van der Waals surface area contributed by atoms with E-state index in [1.807, 2.05) is 0 Å². The van der Waals surface area contributed by atoms with Gasteiger partial charge in [0.15, 0.2) is 0 Å². The second-order valence-electron chi connectivity index (χ2n) is 0.585. The third-order valence-electron chi connectivity index (χ3n) is 0.0745. The van der Waals surface area contributed by atoms with E-state index >= 15 is 0 Å². The molecule has 0 saturated carbocycles. The first-order valence-corrected chi connectivity index (χ1v) is 1.77. The SMILES string of the molecule is CC=O.O=CCO. The summed E-state index contributed by atoms with van der Waals surface area (Å²) in [6.07, 6.45) is 1.18. The molecule has 0 aromatic heterocycles. The van der Waals surface area contributed by atoms with Gasteiger partial charge in [-0.15, -0.1) is 0 Å². The summed E-state index contributed by atoms with van der Waals surface area (Å²) in [6.45, 7) is 1.08. The Bertz CT molecular complexity index is 42.2. The summed E-state index contributed by atoms with van der Waals surface area (Å²) in [5.74, 6) is 0. The molecule has 0 aliphatic heterocycles. The molecule has 42 valence electrons. The van der Waals surface area contributed by atoms with Gasteiger partial charge in [0, 0.05) is 0 Å². The number of rotatable bonds is 1. The maximum atomic E-state index is 8.92. The predicted molar refractivity (Wildman–Crippen MR) is 24.9 cm³/mol. The van der Waals surface area contributed by atoms with E-state index in [9.17, 15) is 0 Å². The Labute approximate surface area is 42.0 Å².